The number of furan rings is 1. The second-order valence-electron chi connectivity index (χ2n) is 8.68. The highest BCUT2D eigenvalue weighted by Crippen LogP contribution is 2.43. The minimum absolute atomic E-state index is 0.00510. The molecule has 0 radical (unpaired) electrons. The Morgan fingerprint density at radius 2 is 1.91 bits per heavy atom. The summed E-state index contributed by atoms with van der Waals surface area (Å²) >= 11 is 0. The minimum atomic E-state index is -0.932. The molecular weight excluding hydrogens is 446 g/mol. The summed E-state index contributed by atoms with van der Waals surface area (Å²) in [6, 6.07) is 14.6. The molecule has 3 aromatic rings. The van der Waals surface area contributed by atoms with E-state index in [0.717, 1.165) is 12.0 Å². The molecule has 7 heteroatoms. The molecule has 1 atom stereocenters. The third-order valence-corrected chi connectivity index (χ3v) is 5.64. The number of hydrogen-bond acceptors (Lipinski definition) is 6. The smallest absolute Gasteiger partial charge is 0.300 e. The van der Waals surface area contributed by atoms with Crippen molar-refractivity contribution in [2.24, 2.45) is 0 Å². The quantitative estimate of drug-likeness (QED) is 0.252. The van der Waals surface area contributed by atoms with Crippen LogP contribution < -0.4 is 14.4 Å². The average Bonchev–Trinajstić information content (AvgIpc) is 3.45. The summed E-state index contributed by atoms with van der Waals surface area (Å²) in [6.45, 7) is 8.25. The molecule has 1 fully saturated rings. The van der Waals surface area contributed by atoms with Gasteiger partial charge in [0.1, 0.15) is 29.1 Å². The fourth-order valence-electron chi connectivity index (χ4n) is 4.10. The van der Waals surface area contributed by atoms with Gasteiger partial charge in [-0.05, 0) is 75.2 Å². The molecule has 2 heterocycles. The van der Waals surface area contributed by atoms with Crippen molar-refractivity contribution < 1.29 is 28.6 Å². The first kappa shape index (κ1) is 24.1. The first-order valence-corrected chi connectivity index (χ1v) is 11.7. The van der Waals surface area contributed by atoms with Crippen LogP contribution in [0.25, 0.3) is 5.76 Å². The van der Waals surface area contributed by atoms with Gasteiger partial charge in [0.15, 0.2) is 0 Å². The molecule has 1 aromatic heterocycles. The van der Waals surface area contributed by atoms with Crippen LogP contribution in [0.2, 0.25) is 0 Å². The SMILES string of the molecule is CCCOc1cccc(N2C(=O)C(=O)/C(=C(\O)c3ccc(OC(C)C)c(C)c3)C2c2ccco2)c1. The van der Waals surface area contributed by atoms with Crippen molar-refractivity contribution in [2.75, 3.05) is 11.5 Å². The summed E-state index contributed by atoms with van der Waals surface area (Å²) in [5, 5.41) is 11.3. The van der Waals surface area contributed by atoms with Crippen molar-refractivity contribution in [2.45, 2.75) is 46.3 Å². The Kier molecular flexibility index (Phi) is 6.96. The van der Waals surface area contributed by atoms with Crippen LogP contribution in [0, 0.1) is 6.92 Å². The van der Waals surface area contributed by atoms with Crippen molar-refractivity contribution in [3.63, 3.8) is 0 Å². The lowest BCUT2D eigenvalue weighted by atomic mass is 9.98. The standard InChI is InChI=1S/C28H29NO6/c1-5-13-33-21-9-6-8-20(16-21)29-25(23-10-7-14-34-23)24(27(31)28(29)32)26(30)19-11-12-22(18(4)15-19)35-17(2)3/h6-12,14-17,25,30H,5,13H2,1-4H3/b26-24-. The van der Waals surface area contributed by atoms with E-state index in [1.165, 1.54) is 11.2 Å². The van der Waals surface area contributed by atoms with E-state index in [4.69, 9.17) is 13.9 Å². The second-order valence-corrected chi connectivity index (χ2v) is 8.68. The summed E-state index contributed by atoms with van der Waals surface area (Å²) < 4.78 is 17.1. The number of aryl methyl sites for hydroxylation is 1. The van der Waals surface area contributed by atoms with E-state index >= 15 is 0 Å². The predicted octanol–water partition coefficient (Wildman–Crippen LogP) is 5.79. The molecule has 0 bridgehead atoms. The van der Waals surface area contributed by atoms with Gasteiger partial charge in [0.2, 0.25) is 0 Å². The maximum atomic E-state index is 13.3. The number of rotatable bonds is 8. The maximum absolute atomic E-state index is 13.3. The van der Waals surface area contributed by atoms with Gasteiger partial charge >= 0.3 is 0 Å². The normalized spacial score (nSPS) is 17.3. The predicted molar refractivity (Wildman–Crippen MR) is 133 cm³/mol. The molecule has 1 aliphatic heterocycles. The van der Waals surface area contributed by atoms with Gasteiger partial charge in [0, 0.05) is 17.3 Å². The van der Waals surface area contributed by atoms with Gasteiger partial charge < -0.3 is 19.0 Å². The Morgan fingerprint density at radius 1 is 1.11 bits per heavy atom. The lowest BCUT2D eigenvalue weighted by Crippen LogP contribution is -2.29. The van der Waals surface area contributed by atoms with Crippen LogP contribution in [0.3, 0.4) is 0 Å². The Morgan fingerprint density at radius 3 is 2.57 bits per heavy atom. The number of Topliss-reactive ketones (excluding diaryl/α,β-unsaturated/α-hetero) is 1. The highest BCUT2D eigenvalue weighted by Gasteiger charge is 2.48. The van der Waals surface area contributed by atoms with Gasteiger partial charge in [0.05, 0.1) is 24.5 Å². The Balaban J connectivity index is 1.82. The maximum Gasteiger partial charge on any atom is 0.300 e. The highest BCUT2D eigenvalue weighted by molar-refractivity contribution is 6.51. The molecule has 1 N–H and O–H groups in total. The van der Waals surface area contributed by atoms with Gasteiger partial charge in [-0.25, -0.2) is 0 Å². The molecule has 182 valence electrons. The van der Waals surface area contributed by atoms with Crippen LogP contribution in [0.15, 0.2) is 70.9 Å². The van der Waals surface area contributed by atoms with E-state index in [1.807, 2.05) is 27.7 Å². The summed E-state index contributed by atoms with van der Waals surface area (Å²) in [7, 11) is 0. The summed E-state index contributed by atoms with van der Waals surface area (Å²) in [5.74, 6) is -0.183. The van der Waals surface area contributed by atoms with Crippen LogP contribution in [0.4, 0.5) is 5.69 Å². The molecule has 1 saturated heterocycles. The van der Waals surface area contributed by atoms with E-state index in [0.29, 0.717) is 35.1 Å². The number of hydrogen-bond donors (Lipinski definition) is 1. The van der Waals surface area contributed by atoms with E-state index in [-0.39, 0.29) is 17.4 Å². The van der Waals surface area contributed by atoms with Crippen LogP contribution in [-0.2, 0) is 9.59 Å². The zero-order valence-corrected chi connectivity index (χ0v) is 20.3. The minimum Gasteiger partial charge on any atom is -0.507 e. The Labute approximate surface area is 204 Å². The van der Waals surface area contributed by atoms with Crippen LogP contribution >= 0.6 is 0 Å². The molecule has 1 unspecified atom stereocenters. The molecule has 1 aliphatic rings. The molecular formula is C28H29NO6. The molecule has 2 aromatic carbocycles. The summed E-state index contributed by atoms with van der Waals surface area (Å²) in [6.07, 6.45) is 2.30. The van der Waals surface area contributed by atoms with Gasteiger partial charge in [0.25, 0.3) is 11.7 Å². The van der Waals surface area contributed by atoms with Gasteiger partial charge in [-0.2, -0.15) is 0 Å². The van der Waals surface area contributed by atoms with Crippen molar-refractivity contribution in [3.8, 4) is 11.5 Å². The van der Waals surface area contributed by atoms with Crippen molar-refractivity contribution in [1.82, 2.24) is 0 Å². The molecule has 7 nitrogen and oxygen atoms in total. The van der Waals surface area contributed by atoms with Crippen LogP contribution in [0.5, 0.6) is 11.5 Å². The number of ether oxygens (including phenoxy) is 2. The fraction of sp³-hybridized carbons (Fsp3) is 0.286. The molecule has 35 heavy (non-hydrogen) atoms. The highest BCUT2D eigenvalue weighted by atomic mass is 16.5. The van der Waals surface area contributed by atoms with Gasteiger partial charge in [-0.1, -0.05) is 13.0 Å². The number of aliphatic hydroxyl groups excluding tert-OH is 1. The van der Waals surface area contributed by atoms with Crippen LogP contribution in [0.1, 0.15) is 50.1 Å². The van der Waals surface area contributed by atoms with E-state index in [2.05, 4.69) is 0 Å². The zero-order chi connectivity index (χ0) is 25.1. The molecule has 4 rings (SSSR count). The molecule has 0 aliphatic carbocycles. The number of anilines is 1. The Bertz CT molecular complexity index is 1260. The third-order valence-electron chi connectivity index (χ3n) is 5.64. The number of carbonyl (C=O) groups excluding carboxylic acids is 2. The number of benzene rings is 2. The van der Waals surface area contributed by atoms with Gasteiger partial charge in [-0.15, -0.1) is 0 Å². The first-order chi connectivity index (χ1) is 16.8. The number of nitrogens with zero attached hydrogens (tertiary/aromatic N) is 1. The summed E-state index contributed by atoms with van der Waals surface area (Å²) in [4.78, 5) is 27.9. The van der Waals surface area contributed by atoms with Crippen molar-refractivity contribution >= 4 is 23.1 Å². The lowest BCUT2D eigenvalue weighted by Gasteiger charge is -2.24. The number of aliphatic hydroxyl groups is 1. The number of amides is 1. The largest absolute Gasteiger partial charge is 0.507 e. The molecule has 1 amide bonds. The zero-order valence-electron chi connectivity index (χ0n) is 20.3. The third kappa shape index (κ3) is 4.80. The lowest BCUT2D eigenvalue weighted by molar-refractivity contribution is -0.132. The average molecular weight is 476 g/mol. The number of ketones is 1. The number of carbonyl (C=O) groups is 2. The van der Waals surface area contributed by atoms with Gasteiger partial charge in [-0.3, -0.25) is 14.5 Å². The molecule has 0 saturated carbocycles. The molecule has 0 spiro atoms. The van der Waals surface area contributed by atoms with E-state index < -0.39 is 17.7 Å². The Hall–Kier alpha value is -4.00. The second kappa shape index (κ2) is 10.1. The van der Waals surface area contributed by atoms with Crippen LogP contribution in [-0.4, -0.2) is 29.5 Å². The fourth-order valence-corrected chi connectivity index (χ4v) is 4.10. The van der Waals surface area contributed by atoms with E-state index in [1.54, 1.807) is 54.6 Å². The summed E-state index contributed by atoms with van der Waals surface area (Å²) in [5.41, 5.74) is 1.64. The van der Waals surface area contributed by atoms with Crippen molar-refractivity contribution in [1.29, 1.82) is 0 Å². The van der Waals surface area contributed by atoms with Crippen molar-refractivity contribution in [3.05, 3.63) is 83.3 Å². The van der Waals surface area contributed by atoms with E-state index in [9.17, 15) is 14.7 Å². The topological polar surface area (TPSA) is 89.2 Å². The first-order valence-electron chi connectivity index (χ1n) is 11.7. The monoisotopic (exact) mass is 475 g/mol.